The van der Waals surface area contributed by atoms with Crippen LogP contribution in [-0.4, -0.2) is 17.9 Å². The topological polar surface area (TPSA) is 44.4 Å². The molecule has 0 radical (unpaired) electrons. The van der Waals surface area contributed by atoms with Gasteiger partial charge in [-0.15, -0.1) is 0 Å². The Hall–Kier alpha value is -3.18. The molecular weight excluding hydrogens is 378 g/mol. The first-order valence-electron chi connectivity index (χ1n) is 9.73. The minimum atomic E-state index is -0.203. The van der Waals surface area contributed by atoms with Gasteiger partial charge in [0.15, 0.2) is 5.50 Å². The van der Waals surface area contributed by atoms with Crippen LogP contribution in [0.15, 0.2) is 83.8 Å². The number of hydrogen-bond acceptors (Lipinski definition) is 4. The Balaban J connectivity index is 1.48. The fourth-order valence-corrected chi connectivity index (χ4v) is 4.87. The van der Waals surface area contributed by atoms with E-state index in [9.17, 15) is 4.79 Å². The van der Waals surface area contributed by atoms with E-state index in [1.807, 2.05) is 71.6 Å². The second kappa shape index (κ2) is 7.68. The SMILES string of the molecule is O=C1/C(=C/c2ccc3c(c2)NCC3)SC(Nc2ccccc2)N1c1ccccc1. The number of benzene rings is 3. The monoisotopic (exact) mass is 399 g/mol. The number of nitrogens with one attached hydrogen (secondary N) is 2. The first-order chi connectivity index (χ1) is 14.3. The number of nitrogens with zero attached hydrogens (tertiary/aromatic N) is 1. The molecule has 3 aromatic rings. The molecule has 1 fully saturated rings. The molecule has 0 spiro atoms. The molecule has 5 rings (SSSR count). The van der Waals surface area contributed by atoms with Crippen molar-refractivity contribution in [2.45, 2.75) is 11.9 Å². The van der Waals surface area contributed by atoms with Gasteiger partial charge >= 0.3 is 0 Å². The largest absolute Gasteiger partial charge is 0.384 e. The van der Waals surface area contributed by atoms with Crippen LogP contribution in [0.4, 0.5) is 17.1 Å². The van der Waals surface area contributed by atoms with E-state index in [1.54, 1.807) is 11.8 Å². The van der Waals surface area contributed by atoms with E-state index >= 15 is 0 Å². The molecule has 0 bridgehead atoms. The molecule has 0 saturated carbocycles. The van der Waals surface area contributed by atoms with Crippen LogP contribution in [0.3, 0.4) is 0 Å². The Morgan fingerprint density at radius 3 is 2.55 bits per heavy atom. The molecule has 2 heterocycles. The van der Waals surface area contributed by atoms with E-state index in [2.05, 4.69) is 28.8 Å². The van der Waals surface area contributed by atoms with Crippen molar-refractivity contribution in [2.75, 3.05) is 22.1 Å². The number of thioether (sulfide) groups is 1. The Bertz CT molecular complexity index is 1070. The van der Waals surface area contributed by atoms with Gasteiger partial charge in [-0.25, -0.2) is 0 Å². The number of rotatable bonds is 4. The van der Waals surface area contributed by atoms with Crippen molar-refractivity contribution < 1.29 is 4.79 Å². The summed E-state index contributed by atoms with van der Waals surface area (Å²) in [6.07, 6.45) is 3.06. The third-order valence-electron chi connectivity index (χ3n) is 5.14. The van der Waals surface area contributed by atoms with Crippen molar-refractivity contribution in [1.29, 1.82) is 0 Å². The van der Waals surface area contributed by atoms with Gasteiger partial charge in [-0.1, -0.05) is 60.3 Å². The molecule has 1 atom stereocenters. The van der Waals surface area contributed by atoms with E-state index in [-0.39, 0.29) is 11.4 Å². The van der Waals surface area contributed by atoms with Gasteiger partial charge in [-0.2, -0.15) is 0 Å². The Kier molecular flexibility index (Phi) is 4.74. The predicted octanol–water partition coefficient (Wildman–Crippen LogP) is 5.17. The average Bonchev–Trinajstić information content (AvgIpc) is 3.34. The zero-order chi connectivity index (χ0) is 19.6. The quantitative estimate of drug-likeness (QED) is 0.594. The van der Waals surface area contributed by atoms with Crippen molar-refractivity contribution in [3.05, 3.63) is 94.9 Å². The highest BCUT2D eigenvalue weighted by Crippen LogP contribution is 2.40. The highest BCUT2D eigenvalue weighted by Gasteiger charge is 2.37. The molecule has 1 unspecified atom stereocenters. The first-order valence-corrected chi connectivity index (χ1v) is 10.6. The van der Waals surface area contributed by atoms with Crippen molar-refractivity contribution in [3.63, 3.8) is 0 Å². The fraction of sp³-hybridized carbons (Fsp3) is 0.125. The minimum absolute atomic E-state index is 0.0167. The number of amides is 1. The van der Waals surface area contributed by atoms with Crippen molar-refractivity contribution in [2.24, 2.45) is 0 Å². The lowest BCUT2D eigenvalue weighted by molar-refractivity contribution is -0.114. The summed E-state index contributed by atoms with van der Waals surface area (Å²) in [5.41, 5.74) is 5.23. The molecule has 3 aromatic carbocycles. The molecule has 2 aliphatic rings. The lowest BCUT2D eigenvalue weighted by Crippen LogP contribution is -2.37. The maximum atomic E-state index is 13.3. The lowest BCUT2D eigenvalue weighted by Gasteiger charge is -2.24. The average molecular weight is 400 g/mol. The highest BCUT2D eigenvalue weighted by atomic mass is 32.2. The van der Waals surface area contributed by atoms with Crippen LogP contribution in [-0.2, 0) is 11.2 Å². The third kappa shape index (κ3) is 3.61. The van der Waals surface area contributed by atoms with Gasteiger partial charge in [0.2, 0.25) is 0 Å². The predicted molar refractivity (Wildman–Crippen MR) is 122 cm³/mol. The summed E-state index contributed by atoms with van der Waals surface area (Å²) in [5.74, 6) is 0.0167. The van der Waals surface area contributed by atoms with E-state index < -0.39 is 0 Å². The summed E-state index contributed by atoms with van der Waals surface area (Å²) in [5, 5.41) is 6.90. The Labute approximate surface area is 174 Å². The summed E-state index contributed by atoms with van der Waals surface area (Å²) in [6, 6.07) is 26.2. The van der Waals surface area contributed by atoms with Crippen LogP contribution < -0.4 is 15.5 Å². The van der Waals surface area contributed by atoms with Crippen LogP contribution in [0, 0.1) is 0 Å². The molecule has 0 aliphatic carbocycles. The van der Waals surface area contributed by atoms with Crippen molar-refractivity contribution in [1.82, 2.24) is 0 Å². The number of carbonyl (C=O) groups excluding carboxylic acids is 1. The molecule has 1 saturated heterocycles. The molecule has 0 aromatic heterocycles. The van der Waals surface area contributed by atoms with Crippen LogP contribution in [0.25, 0.3) is 6.08 Å². The van der Waals surface area contributed by atoms with Crippen LogP contribution >= 0.6 is 11.8 Å². The summed E-state index contributed by atoms with van der Waals surface area (Å²) >= 11 is 1.55. The zero-order valence-electron chi connectivity index (χ0n) is 15.8. The number of fused-ring (bicyclic) bond motifs is 1. The number of carbonyl (C=O) groups is 1. The van der Waals surface area contributed by atoms with Crippen LogP contribution in [0.2, 0.25) is 0 Å². The second-order valence-corrected chi connectivity index (χ2v) is 8.22. The Morgan fingerprint density at radius 1 is 1.00 bits per heavy atom. The van der Waals surface area contributed by atoms with Gasteiger partial charge < -0.3 is 10.6 Å². The number of para-hydroxylation sites is 2. The Morgan fingerprint density at radius 2 is 1.76 bits per heavy atom. The molecule has 144 valence electrons. The summed E-state index contributed by atoms with van der Waals surface area (Å²) in [6.45, 7) is 0.980. The zero-order valence-corrected chi connectivity index (χ0v) is 16.7. The maximum Gasteiger partial charge on any atom is 0.267 e. The molecule has 2 N–H and O–H groups in total. The molecule has 1 amide bonds. The van der Waals surface area contributed by atoms with E-state index in [4.69, 9.17) is 0 Å². The third-order valence-corrected chi connectivity index (χ3v) is 6.24. The minimum Gasteiger partial charge on any atom is -0.384 e. The molecule has 29 heavy (non-hydrogen) atoms. The lowest BCUT2D eigenvalue weighted by atomic mass is 10.1. The van der Waals surface area contributed by atoms with Gasteiger partial charge in [-0.05, 0) is 54.0 Å². The highest BCUT2D eigenvalue weighted by molar-refractivity contribution is 8.05. The molecule has 2 aliphatic heterocycles. The van der Waals surface area contributed by atoms with E-state index in [1.165, 1.54) is 11.3 Å². The van der Waals surface area contributed by atoms with Gasteiger partial charge in [0.1, 0.15) is 0 Å². The van der Waals surface area contributed by atoms with Crippen molar-refractivity contribution in [3.8, 4) is 0 Å². The summed E-state index contributed by atoms with van der Waals surface area (Å²) in [7, 11) is 0. The molecular formula is C24H21N3OS. The van der Waals surface area contributed by atoms with E-state index in [0.29, 0.717) is 0 Å². The second-order valence-electron chi connectivity index (χ2n) is 7.09. The van der Waals surface area contributed by atoms with Crippen LogP contribution in [0.5, 0.6) is 0 Å². The normalized spacial score (nSPS) is 19.3. The summed E-state index contributed by atoms with van der Waals surface area (Å²) < 4.78 is 0. The first kappa shape index (κ1) is 17.9. The number of hydrogen-bond donors (Lipinski definition) is 2. The summed E-state index contributed by atoms with van der Waals surface area (Å²) in [4.78, 5) is 15.9. The fourth-order valence-electron chi connectivity index (χ4n) is 3.71. The van der Waals surface area contributed by atoms with Gasteiger partial charge in [0, 0.05) is 23.6 Å². The number of anilines is 3. The molecule has 5 heteroatoms. The van der Waals surface area contributed by atoms with Gasteiger partial charge in [0.25, 0.3) is 5.91 Å². The van der Waals surface area contributed by atoms with Crippen molar-refractivity contribution >= 4 is 40.8 Å². The van der Waals surface area contributed by atoms with Gasteiger partial charge in [-0.3, -0.25) is 9.69 Å². The standard InChI is InChI=1S/C24H21N3OS/c28-23-22(16-17-11-12-18-13-14-25-21(18)15-17)29-24(26-19-7-3-1-4-8-19)27(23)20-9-5-2-6-10-20/h1-12,15-16,24-26H,13-14H2/b22-16-. The van der Waals surface area contributed by atoms with E-state index in [0.717, 1.165) is 34.8 Å². The maximum absolute atomic E-state index is 13.3. The smallest absolute Gasteiger partial charge is 0.267 e. The van der Waals surface area contributed by atoms with Crippen LogP contribution in [0.1, 0.15) is 11.1 Å². The molecule has 4 nitrogen and oxygen atoms in total. The van der Waals surface area contributed by atoms with Gasteiger partial charge in [0.05, 0.1) is 4.91 Å².